The Morgan fingerprint density at radius 2 is 2.16 bits per heavy atom. The van der Waals surface area contributed by atoms with E-state index in [0.29, 0.717) is 17.4 Å². The molecule has 0 saturated heterocycles. The molecule has 3 N–H and O–H groups in total. The van der Waals surface area contributed by atoms with Crippen LogP contribution in [0.2, 0.25) is 0 Å². The van der Waals surface area contributed by atoms with Crippen LogP contribution < -0.4 is 16.0 Å². The van der Waals surface area contributed by atoms with Gasteiger partial charge in [-0.25, -0.2) is 15.8 Å². The average molecular weight is 259 g/mol. The number of anilines is 1. The summed E-state index contributed by atoms with van der Waals surface area (Å²) >= 11 is 0. The smallest absolute Gasteiger partial charge is 0.227 e. The maximum Gasteiger partial charge on any atom is 0.227 e. The molecule has 0 fully saturated rings. The number of nitrogens with two attached hydrogens (primary N) is 1. The first-order chi connectivity index (χ1) is 9.26. The van der Waals surface area contributed by atoms with Gasteiger partial charge in [-0.3, -0.25) is 4.98 Å². The predicted molar refractivity (Wildman–Crippen MR) is 72.9 cm³/mol. The van der Waals surface area contributed by atoms with Crippen LogP contribution in [0.1, 0.15) is 24.6 Å². The highest BCUT2D eigenvalue weighted by Gasteiger charge is 2.13. The highest BCUT2D eigenvalue weighted by Crippen LogP contribution is 2.28. The maximum atomic E-state index is 5.83. The molecule has 2 heterocycles. The molecule has 100 valence electrons. The zero-order valence-electron chi connectivity index (χ0n) is 11.1. The third-order valence-corrected chi connectivity index (χ3v) is 2.71. The van der Waals surface area contributed by atoms with E-state index in [0.717, 1.165) is 24.1 Å². The van der Waals surface area contributed by atoms with Crippen LogP contribution in [-0.4, -0.2) is 15.0 Å². The Balaban J connectivity index is 2.37. The fourth-order valence-corrected chi connectivity index (χ4v) is 1.77. The first-order valence-corrected chi connectivity index (χ1v) is 6.16. The number of nitrogens with one attached hydrogen (secondary N) is 1. The first kappa shape index (κ1) is 13.2. The molecule has 0 amide bonds. The Bertz CT molecular complexity index is 558. The molecule has 0 unspecified atom stereocenters. The average Bonchev–Trinajstić information content (AvgIpc) is 2.43. The highest BCUT2D eigenvalue weighted by atomic mass is 16.5. The molecular formula is C13H17N5O. The summed E-state index contributed by atoms with van der Waals surface area (Å²) in [5.41, 5.74) is 4.26. The number of nitrogen functional groups attached to an aromatic ring is 1. The fraction of sp³-hybridized carbons (Fsp3) is 0.308. The number of hydrogen-bond acceptors (Lipinski definition) is 6. The molecule has 0 radical (unpaired) electrons. The number of hydrogen-bond donors (Lipinski definition) is 2. The monoisotopic (exact) mass is 259 g/mol. The molecule has 6 nitrogen and oxygen atoms in total. The van der Waals surface area contributed by atoms with Gasteiger partial charge in [-0.1, -0.05) is 13.3 Å². The lowest BCUT2D eigenvalue weighted by Gasteiger charge is -2.13. The van der Waals surface area contributed by atoms with Gasteiger partial charge in [0.2, 0.25) is 5.88 Å². The van der Waals surface area contributed by atoms with E-state index in [2.05, 4.69) is 27.3 Å². The number of hydrazine groups is 1. The third kappa shape index (κ3) is 2.97. The van der Waals surface area contributed by atoms with Gasteiger partial charge < -0.3 is 10.2 Å². The second-order valence-corrected chi connectivity index (χ2v) is 4.09. The molecule has 2 aromatic rings. The minimum absolute atomic E-state index is 0.515. The van der Waals surface area contributed by atoms with Crippen LogP contribution in [0.3, 0.4) is 0 Å². The van der Waals surface area contributed by atoms with Crippen molar-refractivity contribution in [2.45, 2.75) is 26.7 Å². The fourth-order valence-electron chi connectivity index (χ4n) is 1.77. The minimum Gasteiger partial charge on any atom is -0.437 e. The van der Waals surface area contributed by atoms with Gasteiger partial charge in [0.05, 0.1) is 11.3 Å². The van der Waals surface area contributed by atoms with Crippen molar-refractivity contribution >= 4 is 5.82 Å². The molecule has 2 rings (SSSR count). The van der Waals surface area contributed by atoms with Gasteiger partial charge in [-0.2, -0.15) is 0 Å². The van der Waals surface area contributed by atoms with Gasteiger partial charge in [-0.05, 0) is 25.5 Å². The summed E-state index contributed by atoms with van der Waals surface area (Å²) in [5.74, 6) is 7.25. The van der Waals surface area contributed by atoms with Crippen molar-refractivity contribution in [3.05, 3.63) is 35.9 Å². The van der Waals surface area contributed by atoms with Crippen LogP contribution in [0.25, 0.3) is 0 Å². The molecule has 0 saturated carbocycles. The Hall–Kier alpha value is -2.21. The lowest BCUT2D eigenvalue weighted by molar-refractivity contribution is 0.448. The van der Waals surface area contributed by atoms with E-state index in [9.17, 15) is 0 Å². The van der Waals surface area contributed by atoms with Gasteiger partial charge in [0, 0.05) is 6.20 Å². The van der Waals surface area contributed by atoms with Crippen LogP contribution in [0.15, 0.2) is 24.7 Å². The quantitative estimate of drug-likeness (QED) is 0.632. The molecule has 2 aromatic heterocycles. The summed E-state index contributed by atoms with van der Waals surface area (Å²) in [5, 5.41) is 0. The molecule has 0 aliphatic rings. The van der Waals surface area contributed by atoms with Gasteiger partial charge in [0.25, 0.3) is 0 Å². The molecule has 0 aromatic carbocycles. The van der Waals surface area contributed by atoms with E-state index < -0.39 is 0 Å². The van der Waals surface area contributed by atoms with E-state index in [1.807, 2.05) is 19.1 Å². The van der Waals surface area contributed by atoms with Gasteiger partial charge in [-0.15, -0.1) is 0 Å². The highest BCUT2D eigenvalue weighted by molar-refractivity contribution is 5.49. The van der Waals surface area contributed by atoms with Crippen molar-refractivity contribution in [3.8, 4) is 11.6 Å². The Morgan fingerprint density at radius 3 is 2.84 bits per heavy atom. The maximum absolute atomic E-state index is 5.83. The molecule has 19 heavy (non-hydrogen) atoms. The number of pyridine rings is 1. The standard InChI is InChI=1S/C13H17N5O/c1-3-5-10-12(18-14)16-8-17-13(10)19-11-6-4-7-15-9(11)2/h4,6-8H,3,5,14H2,1-2H3,(H,16,17,18). The first-order valence-electron chi connectivity index (χ1n) is 6.16. The van der Waals surface area contributed by atoms with E-state index >= 15 is 0 Å². The van der Waals surface area contributed by atoms with Crippen molar-refractivity contribution in [2.24, 2.45) is 5.84 Å². The summed E-state index contributed by atoms with van der Waals surface area (Å²) in [4.78, 5) is 12.5. The van der Waals surface area contributed by atoms with Crippen molar-refractivity contribution in [3.63, 3.8) is 0 Å². The zero-order chi connectivity index (χ0) is 13.7. The SMILES string of the molecule is CCCc1c(NN)ncnc1Oc1cccnc1C. The summed E-state index contributed by atoms with van der Waals surface area (Å²) in [6, 6.07) is 3.68. The van der Waals surface area contributed by atoms with Crippen LogP contribution in [0, 0.1) is 6.92 Å². The molecule has 6 heteroatoms. The van der Waals surface area contributed by atoms with E-state index in [1.54, 1.807) is 6.20 Å². The van der Waals surface area contributed by atoms with Crippen molar-refractivity contribution in [1.29, 1.82) is 0 Å². The van der Waals surface area contributed by atoms with Gasteiger partial charge in [0.1, 0.15) is 12.1 Å². The summed E-state index contributed by atoms with van der Waals surface area (Å²) < 4.78 is 5.83. The topological polar surface area (TPSA) is 86.0 Å². The summed E-state index contributed by atoms with van der Waals surface area (Å²) in [7, 11) is 0. The number of nitrogens with zero attached hydrogens (tertiary/aromatic N) is 3. The number of ether oxygens (including phenoxy) is 1. The Morgan fingerprint density at radius 1 is 1.32 bits per heavy atom. The molecular weight excluding hydrogens is 242 g/mol. The number of aryl methyl sites for hydroxylation is 1. The normalized spacial score (nSPS) is 10.3. The minimum atomic E-state index is 0.515. The lowest BCUT2D eigenvalue weighted by Crippen LogP contribution is -2.12. The van der Waals surface area contributed by atoms with Crippen LogP contribution >= 0.6 is 0 Å². The van der Waals surface area contributed by atoms with Crippen LogP contribution in [0.5, 0.6) is 11.6 Å². The molecule has 0 bridgehead atoms. The van der Waals surface area contributed by atoms with E-state index in [4.69, 9.17) is 10.6 Å². The summed E-state index contributed by atoms with van der Waals surface area (Å²) in [6.07, 6.45) is 4.89. The molecule has 0 aliphatic heterocycles. The van der Waals surface area contributed by atoms with Crippen LogP contribution in [-0.2, 0) is 6.42 Å². The van der Waals surface area contributed by atoms with E-state index in [-0.39, 0.29) is 0 Å². The molecule has 0 aliphatic carbocycles. The van der Waals surface area contributed by atoms with Crippen molar-refractivity contribution < 1.29 is 4.74 Å². The predicted octanol–water partition coefficient (Wildman–Crippen LogP) is 2.21. The van der Waals surface area contributed by atoms with E-state index in [1.165, 1.54) is 6.33 Å². The largest absolute Gasteiger partial charge is 0.437 e. The number of aromatic nitrogens is 3. The Kier molecular flexibility index (Phi) is 4.25. The second kappa shape index (κ2) is 6.10. The molecule has 0 atom stereocenters. The van der Waals surface area contributed by atoms with Crippen LogP contribution in [0.4, 0.5) is 5.82 Å². The Labute approximate surface area is 112 Å². The van der Waals surface area contributed by atoms with Crippen molar-refractivity contribution in [1.82, 2.24) is 15.0 Å². The third-order valence-electron chi connectivity index (χ3n) is 2.71. The van der Waals surface area contributed by atoms with Gasteiger partial charge in [0.15, 0.2) is 5.75 Å². The van der Waals surface area contributed by atoms with Gasteiger partial charge >= 0.3 is 0 Å². The molecule has 0 spiro atoms. The second-order valence-electron chi connectivity index (χ2n) is 4.09. The lowest BCUT2D eigenvalue weighted by atomic mass is 10.2. The summed E-state index contributed by atoms with van der Waals surface area (Å²) in [6.45, 7) is 3.96. The van der Waals surface area contributed by atoms with Crippen molar-refractivity contribution in [2.75, 3.05) is 5.43 Å². The number of rotatable bonds is 5. The zero-order valence-corrected chi connectivity index (χ0v) is 11.1.